The van der Waals surface area contributed by atoms with Crippen molar-refractivity contribution in [2.24, 2.45) is 7.05 Å². The molecule has 1 aromatic carbocycles. The van der Waals surface area contributed by atoms with Crippen LogP contribution in [-0.2, 0) is 11.8 Å². The van der Waals surface area contributed by atoms with Crippen molar-refractivity contribution < 1.29 is 23.5 Å². The topological polar surface area (TPSA) is 68.6 Å². The van der Waals surface area contributed by atoms with E-state index < -0.39 is 17.3 Å². The molecule has 2 aromatic rings. The number of carbonyl (C=O) groups excluding carboxylic acids is 3. The zero-order valence-electron chi connectivity index (χ0n) is 17.9. The predicted molar refractivity (Wildman–Crippen MR) is 108 cm³/mol. The lowest BCUT2D eigenvalue weighted by Gasteiger charge is -2.35. The van der Waals surface area contributed by atoms with Crippen LogP contribution in [0.5, 0.6) is 0 Å². The molecule has 0 aliphatic carbocycles. The average molecular weight is 402 g/mol. The lowest BCUT2D eigenvalue weighted by molar-refractivity contribution is 0.0546. The van der Waals surface area contributed by atoms with Crippen LogP contribution in [0.2, 0.25) is 0 Å². The Labute approximate surface area is 170 Å². The van der Waals surface area contributed by atoms with Gasteiger partial charge in [0.25, 0.3) is 5.91 Å². The molecule has 0 spiro atoms. The maximum absolute atomic E-state index is 13.2. The maximum atomic E-state index is 13.2. The zero-order chi connectivity index (χ0) is 22.1. The van der Waals surface area contributed by atoms with Gasteiger partial charge in [0.2, 0.25) is 0 Å². The summed E-state index contributed by atoms with van der Waals surface area (Å²) in [7, 11) is 2.98. The van der Waals surface area contributed by atoms with Gasteiger partial charge in [-0.3, -0.25) is 9.59 Å². The highest BCUT2D eigenvalue weighted by Gasteiger charge is 2.32. The van der Waals surface area contributed by atoms with Crippen LogP contribution in [0.25, 0.3) is 0 Å². The number of carbonyl (C=O) groups is 3. The lowest BCUT2D eigenvalue weighted by atomic mass is 10.00. The summed E-state index contributed by atoms with van der Waals surface area (Å²) in [6.45, 7) is 8.74. The van der Waals surface area contributed by atoms with E-state index in [1.807, 2.05) is 20.8 Å². The number of benzene rings is 1. The monoisotopic (exact) mass is 402 g/mol. The predicted octanol–water partition coefficient (Wildman–Crippen LogP) is 3.69. The fourth-order valence-electron chi connectivity index (χ4n) is 3.36. The third-order valence-electron chi connectivity index (χ3n) is 5.04. The first-order chi connectivity index (χ1) is 13.4. The Kier molecular flexibility index (Phi) is 6.30. The quantitative estimate of drug-likeness (QED) is 0.565. The zero-order valence-corrected chi connectivity index (χ0v) is 17.9. The molecule has 0 N–H and O–H groups in total. The van der Waals surface area contributed by atoms with Crippen LogP contribution in [0.4, 0.5) is 4.39 Å². The maximum Gasteiger partial charge on any atom is 0.354 e. The van der Waals surface area contributed by atoms with Gasteiger partial charge in [-0.15, -0.1) is 0 Å². The molecule has 29 heavy (non-hydrogen) atoms. The van der Waals surface area contributed by atoms with Crippen molar-refractivity contribution in [1.82, 2.24) is 9.47 Å². The summed E-state index contributed by atoms with van der Waals surface area (Å²) < 4.78 is 19.7. The Morgan fingerprint density at radius 1 is 1.10 bits per heavy atom. The van der Waals surface area contributed by atoms with Gasteiger partial charge >= 0.3 is 5.97 Å². The third-order valence-corrected chi connectivity index (χ3v) is 5.04. The van der Waals surface area contributed by atoms with Gasteiger partial charge in [0.05, 0.1) is 13.7 Å². The first-order valence-electron chi connectivity index (χ1n) is 9.25. The summed E-state index contributed by atoms with van der Waals surface area (Å²) in [5.74, 6) is -1.62. The molecule has 0 saturated carbocycles. The molecular formula is C22H27FN2O4. The van der Waals surface area contributed by atoms with Gasteiger partial charge in [-0.2, -0.15) is 0 Å². The van der Waals surface area contributed by atoms with Crippen LogP contribution in [-0.4, -0.2) is 46.3 Å². The first kappa shape index (κ1) is 22.3. The highest BCUT2D eigenvalue weighted by Crippen LogP contribution is 2.25. The number of ether oxygens (including phenoxy) is 1. The number of rotatable bonds is 5. The van der Waals surface area contributed by atoms with Gasteiger partial charge in [-0.1, -0.05) is 0 Å². The van der Waals surface area contributed by atoms with E-state index >= 15 is 0 Å². The molecule has 0 fully saturated rings. The number of hydrogen-bond donors (Lipinski definition) is 0. The molecule has 1 amide bonds. The van der Waals surface area contributed by atoms with Crippen molar-refractivity contribution in [3.8, 4) is 0 Å². The third kappa shape index (κ3) is 4.39. The van der Waals surface area contributed by atoms with Gasteiger partial charge in [0.15, 0.2) is 5.78 Å². The van der Waals surface area contributed by atoms with E-state index in [0.717, 1.165) is 0 Å². The molecule has 0 bridgehead atoms. The van der Waals surface area contributed by atoms with Gasteiger partial charge in [0, 0.05) is 29.4 Å². The Hall–Kier alpha value is -2.96. The smallest absolute Gasteiger partial charge is 0.354 e. The normalized spacial score (nSPS) is 11.3. The van der Waals surface area contributed by atoms with Crippen LogP contribution in [0.1, 0.15) is 63.2 Å². The Balaban J connectivity index is 2.43. The Morgan fingerprint density at radius 2 is 1.66 bits per heavy atom. The number of methoxy groups -OCH3 is 1. The fraction of sp³-hybridized carbons (Fsp3) is 0.409. The number of ketones is 1. The molecule has 0 unspecified atom stereocenters. The van der Waals surface area contributed by atoms with Gasteiger partial charge < -0.3 is 14.2 Å². The molecule has 0 radical (unpaired) electrons. The second-order valence-corrected chi connectivity index (χ2v) is 7.98. The molecule has 6 nitrogen and oxygen atoms in total. The molecule has 7 heteroatoms. The number of nitrogens with zero attached hydrogens (tertiary/aromatic N) is 2. The Morgan fingerprint density at radius 3 is 2.14 bits per heavy atom. The summed E-state index contributed by atoms with van der Waals surface area (Å²) in [4.78, 5) is 39.8. The molecule has 0 aliphatic rings. The first-order valence-corrected chi connectivity index (χ1v) is 9.25. The van der Waals surface area contributed by atoms with Crippen molar-refractivity contribution in [3.63, 3.8) is 0 Å². The number of aromatic nitrogens is 1. The Bertz CT molecular complexity index is 953. The summed E-state index contributed by atoms with van der Waals surface area (Å²) in [6, 6.07) is 5.22. The van der Waals surface area contributed by atoms with Crippen LogP contribution in [0.3, 0.4) is 0 Å². The molecule has 1 aromatic heterocycles. The van der Waals surface area contributed by atoms with Crippen molar-refractivity contribution >= 4 is 17.7 Å². The lowest BCUT2D eigenvalue weighted by Crippen LogP contribution is -2.48. The van der Waals surface area contributed by atoms with Crippen LogP contribution >= 0.6 is 0 Å². The highest BCUT2D eigenvalue weighted by atomic mass is 19.1. The summed E-state index contributed by atoms with van der Waals surface area (Å²) in [5, 5.41) is 0. The summed E-state index contributed by atoms with van der Waals surface area (Å²) >= 11 is 0. The average Bonchev–Trinajstić information content (AvgIpc) is 2.87. The number of amides is 1. The highest BCUT2D eigenvalue weighted by molar-refractivity contribution is 6.06. The molecule has 0 atom stereocenters. The largest absolute Gasteiger partial charge is 0.464 e. The van der Waals surface area contributed by atoms with Gasteiger partial charge in [-0.05, 0) is 64.4 Å². The molecule has 1 heterocycles. The van der Waals surface area contributed by atoms with Crippen molar-refractivity contribution in [1.29, 1.82) is 0 Å². The molecular weight excluding hydrogens is 375 g/mol. The number of halogens is 1. The fourth-order valence-corrected chi connectivity index (χ4v) is 3.36. The van der Waals surface area contributed by atoms with E-state index in [0.29, 0.717) is 28.1 Å². The van der Waals surface area contributed by atoms with Gasteiger partial charge in [-0.25, -0.2) is 9.18 Å². The van der Waals surface area contributed by atoms with E-state index in [1.54, 1.807) is 25.5 Å². The van der Waals surface area contributed by atoms with Crippen LogP contribution in [0.15, 0.2) is 24.3 Å². The van der Waals surface area contributed by atoms with Gasteiger partial charge in [0.1, 0.15) is 11.5 Å². The second kappa shape index (κ2) is 8.19. The minimum absolute atomic E-state index is 0.175. The van der Waals surface area contributed by atoms with E-state index in [1.165, 1.54) is 36.3 Å². The van der Waals surface area contributed by atoms with E-state index in [2.05, 4.69) is 0 Å². The number of Topliss-reactive ketones (excluding diaryl/α,β-unsaturated/α-hetero) is 1. The van der Waals surface area contributed by atoms with E-state index in [4.69, 9.17) is 4.74 Å². The molecule has 0 saturated heterocycles. The van der Waals surface area contributed by atoms with Crippen molar-refractivity contribution in [2.75, 3.05) is 13.7 Å². The minimum atomic E-state index is -0.650. The molecule has 2 rings (SSSR count). The minimum Gasteiger partial charge on any atom is -0.464 e. The molecule has 156 valence electrons. The van der Waals surface area contributed by atoms with E-state index in [-0.39, 0.29) is 18.2 Å². The standard InChI is InChI=1S/C22H27FN2O4/c1-13-18(14(2)24(6)19(13)21(28)29-7)17(26)12-25(22(3,4)5)20(27)15-8-10-16(23)11-9-15/h8-11H,12H2,1-7H3. The van der Waals surface area contributed by atoms with E-state index in [9.17, 15) is 18.8 Å². The summed E-state index contributed by atoms with van der Waals surface area (Å²) in [5.41, 5.74) is 1.49. The van der Waals surface area contributed by atoms with Crippen molar-refractivity contribution in [2.45, 2.75) is 40.2 Å². The number of esters is 1. The van der Waals surface area contributed by atoms with Crippen LogP contribution in [0, 0.1) is 19.7 Å². The van der Waals surface area contributed by atoms with Crippen molar-refractivity contribution in [3.05, 3.63) is 58.2 Å². The summed E-state index contributed by atoms with van der Waals surface area (Å²) in [6.07, 6.45) is 0. The van der Waals surface area contributed by atoms with Crippen LogP contribution < -0.4 is 0 Å². The SMILES string of the molecule is COC(=O)c1c(C)c(C(=O)CN(C(=O)c2ccc(F)cc2)C(C)(C)C)c(C)n1C. The molecule has 0 aliphatic heterocycles. The number of hydrogen-bond acceptors (Lipinski definition) is 4. The second-order valence-electron chi connectivity index (χ2n) is 7.98.